The lowest BCUT2D eigenvalue weighted by molar-refractivity contribution is 0.0831. The molecule has 1 N–H and O–H groups in total. The van der Waals surface area contributed by atoms with Crippen LogP contribution in [0.1, 0.15) is 32.6 Å². The third-order valence-corrected chi connectivity index (χ3v) is 3.57. The van der Waals surface area contributed by atoms with E-state index in [0.29, 0.717) is 12.1 Å². The highest BCUT2D eigenvalue weighted by atomic mass is 16.5. The molecule has 0 unspecified atom stereocenters. The number of hydrogen-bond acceptors (Lipinski definition) is 3. The van der Waals surface area contributed by atoms with Crippen LogP contribution < -0.4 is 5.32 Å². The van der Waals surface area contributed by atoms with Crippen LogP contribution in [0.25, 0.3) is 0 Å². The Kier molecular flexibility index (Phi) is 4.42. The zero-order valence-corrected chi connectivity index (χ0v) is 9.71. The quantitative estimate of drug-likeness (QED) is 0.752. The lowest BCUT2D eigenvalue weighted by Gasteiger charge is -2.20. The fourth-order valence-corrected chi connectivity index (χ4v) is 2.45. The topological polar surface area (TPSA) is 30.5 Å². The van der Waals surface area contributed by atoms with E-state index in [1.807, 2.05) is 0 Å². The normalized spacial score (nSPS) is 33.4. The second-order valence-electron chi connectivity index (χ2n) is 4.81. The summed E-state index contributed by atoms with van der Waals surface area (Å²) < 4.78 is 11.0. The Hall–Kier alpha value is -0.120. The summed E-state index contributed by atoms with van der Waals surface area (Å²) in [6.07, 6.45) is 5.39. The third kappa shape index (κ3) is 3.44. The summed E-state index contributed by atoms with van der Waals surface area (Å²) in [5.41, 5.74) is 0. The zero-order chi connectivity index (χ0) is 10.5. The van der Waals surface area contributed by atoms with Crippen LogP contribution in [0.3, 0.4) is 0 Å². The van der Waals surface area contributed by atoms with E-state index < -0.39 is 0 Å². The van der Waals surface area contributed by atoms with Crippen LogP contribution in [-0.4, -0.2) is 38.5 Å². The van der Waals surface area contributed by atoms with Crippen LogP contribution in [0.5, 0.6) is 0 Å². The fraction of sp³-hybridized carbons (Fsp3) is 1.00. The highest BCUT2D eigenvalue weighted by Crippen LogP contribution is 2.17. The smallest absolute Gasteiger partial charge is 0.0726 e. The molecule has 88 valence electrons. The van der Waals surface area contributed by atoms with Gasteiger partial charge < -0.3 is 14.8 Å². The van der Waals surface area contributed by atoms with E-state index in [4.69, 9.17) is 9.47 Å². The summed E-state index contributed by atoms with van der Waals surface area (Å²) in [5, 5.41) is 3.57. The largest absolute Gasteiger partial charge is 0.381 e. The second kappa shape index (κ2) is 5.83. The van der Waals surface area contributed by atoms with Crippen LogP contribution in [0.2, 0.25) is 0 Å². The summed E-state index contributed by atoms with van der Waals surface area (Å²) in [4.78, 5) is 0. The molecule has 0 spiro atoms. The van der Waals surface area contributed by atoms with Gasteiger partial charge in [-0.05, 0) is 45.1 Å². The van der Waals surface area contributed by atoms with Crippen molar-refractivity contribution < 1.29 is 9.47 Å². The molecule has 0 aromatic rings. The Bertz CT molecular complexity index is 174. The van der Waals surface area contributed by atoms with Crippen molar-refractivity contribution in [3.63, 3.8) is 0 Å². The highest BCUT2D eigenvalue weighted by molar-refractivity contribution is 4.77. The Balaban J connectivity index is 1.56. The van der Waals surface area contributed by atoms with Gasteiger partial charge in [-0.2, -0.15) is 0 Å². The second-order valence-corrected chi connectivity index (χ2v) is 4.81. The van der Waals surface area contributed by atoms with E-state index in [1.165, 1.54) is 25.7 Å². The Morgan fingerprint density at radius 2 is 2.27 bits per heavy atom. The van der Waals surface area contributed by atoms with Crippen LogP contribution >= 0.6 is 0 Å². The lowest BCUT2D eigenvalue weighted by atomic mass is 10.0. The summed E-state index contributed by atoms with van der Waals surface area (Å²) in [6, 6.07) is 0.509. The summed E-state index contributed by atoms with van der Waals surface area (Å²) >= 11 is 0. The van der Waals surface area contributed by atoms with E-state index in [1.54, 1.807) is 0 Å². The van der Waals surface area contributed by atoms with Gasteiger partial charge in [0.25, 0.3) is 0 Å². The van der Waals surface area contributed by atoms with Gasteiger partial charge in [-0.25, -0.2) is 0 Å². The molecule has 3 atom stereocenters. The summed E-state index contributed by atoms with van der Waals surface area (Å²) in [6.45, 7) is 6.23. The van der Waals surface area contributed by atoms with E-state index in [-0.39, 0.29) is 0 Å². The predicted octanol–water partition coefficient (Wildman–Crippen LogP) is 1.57. The Labute approximate surface area is 92.5 Å². The average Bonchev–Trinajstić information content (AvgIpc) is 2.90. The number of ether oxygens (including phenoxy) is 2. The van der Waals surface area contributed by atoms with Crippen molar-refractivity contribution in [1.29, 1.82) is 0 Å². The first kappa shape index (κ1) is 11.4. The van der Waals surface area contributed by atoms with Gasteiger partial charge in [0.15, 0.2) is 0 Å². The van der Waals surface area contributed by atoms with Crippen LogP contribution in [0.15, 0.2) is 0 Å². The first-order valence-electron chi connectivity index (χ1n) is 6.29. The highest BCUT2D eigenvalue weighted by Gasteiger charge is 2.22. The van der Waals surface area contributed by atoms with Gasteiger partial charge in [-0.15, -0.1) is 0 Å². The van der Waals surface area contributed by atoms with Crippen LogP contribution in [0.4, 0.5) is 0 Å². The molecular formula is C12H23NO2. The lowest BCUT2D eigenvalue weighted by Crippen LogP contribution is -2.38. The minimum absolute atomic E-state index is 0.449. The molecular weight excluding hydrogens is 190 g/mol. The maximum absolute atomic E-state index is 5.65. The van der Waals surface area contributed by atoms with Gasteiger partial charge in [0, 0.05) is 25.9 Å². The van der Waals surface area contributed by atoms with Crippen LogP contribution in [0, 0.1) is 5.92 Å². The van der Waals surface area contributed by atoms with Gasteiger partial charge in [-0.1, -0.05) is 0 Å². The average molecular weight is 213 g/mol. The standard InChI is InChI=1S/C12H23NO2/c1-10(12-3-2-7-15-12)13-6-4-11-5-8-14-9-11/h10-13H,2-9H2,1H3/t10-,11-,12-/m0/s1. The van der Waals surface area contributed by atoms with E-state index in [2.05, 4.69) is 12.2 Å². The third-order valence-electron chi connectivity index (χ3n) is 3.57. The van der Waals surface area contributed by atoms with Gasteiger partial charge in [-0.3, -0.25) is 0 Å². The van der Waals surface area contributed by atoms with Gasteiger partial charge in [0.05, 0.1) is 6.10 Å². The molecule has 2 saturated heterocycles. The molecule has 0 aliphatic carbocycles. The van der Waals surface area contributed by atoms with Crippen LogP contribution in [-0.2, 0) is 9.47 Å². The molecule has 0 aromatic heterocycles. The first-order valence-corrected chi connectivity index (χ1v) is 6.29. The van der Waals surface area contributed by atoms with Crippen molar-refractivity contribution in [2.24, 2.45) is 5.92 Å². The van der Waals surface area contributed by atoms with Gasteiger partial charge >= 0.3 is 0 Å². The number of rotatable bonds is 5. The van der Waals surface area contributed by atoms with Crippen molar-refractivity contribution in [2.45, 2.75) is 44.8 Å². The van der Waals surface area contributed by atoms with Crippen molar-refractivity contribution in [1.82, 2.24) is 5.32 Å². The molecule has 15 heavy (non-hydrogen) atoms. The zero-order valence-electron chi connectivity index (χ0n) is 9.71. The molecule has 0 radical (unpaired) electrons. The molecule has 0 saturated carbocycles. The van der Waals surface area contributed by atoms with Gasteiger partial charge in [0.1, 0.15) is 0 Å². The molecule has 2 rings (SSSR count). The van der Waals surface area contributed by atoms with Crippen molar-refractivity contribution in [3.05, 3.63) is 0 Å². The Morgan fingerprint density at radius 1 is 1.33 bits per heavy atom. The fourth-order valence-electron chi connectivity index (χ4n) is 2.45. The Morgan fingerprint density at radius 3 is 2.93 bits per heavy atom. The van der Waals surface area contributed by atoms with Crippen molar-refractivity contribution >= 4 is 0 Å². The van der Waals surface area contributed by atoms with E-state index >= 15 is 0 Å². The molecule has 3 nitrogen and oxygen atoms in total. The summed E-state index contributed by atoms with van der Waals surface area (Å²) in [5.74, 6) is 0.786. The molecule has 2 aliphatic rings. The monoisotopic (exact) mass is 213 g/mol. The molecule has 0 amide bonds. The molecule has 2 heterocycles. The van der Waals surface area contributed by atoms with E-state index in [9.17, 15) is 0 Å². The maximum atomic E-state index is 5.65. The first-order chi connectivity index (χ1) is 7.36. The van der Waals surface area contributed by atoms with Crippen molar-refractivity contribution in [3.8, 4) is 0 Å². The summed E-state index contributed by atoms with van der Waals surface area (Å²) in [7, 11) is 0. The molecule has 0 bridgehead atoms. The van der Waals surface area contributed by atoms with E-state index in [0.717, 1.165) is 32.3 Å². The SMILES string of the molecule is C[C@H](NCC[C@H]1CCOC1)[C@@H]1CCCO1. The minimum Gasteiger partial charge on any atom is -0.381 e. The molecule has 2 fully saturated rings. The number of nitrogens with one attached hydrogen (secondary N) is 1. The predicted molar refractivity (Wildman–Crippen MR) is 60.0 cm³/mol. The van der Waals surface area contributed by atoms with Gasteiger partial charge in [0.2, 0.25) is 0 Å². The molecule has 2 aliphatic heterocycles. The minimum atomic E-state index is 0.449. The van der Waals surface area contributed by atoms with Crippen molar-refractivity contribution in [2.75, 3.05) is 26.4 Å². The molecule has 3 heteroatoms. The number of hydrogen-bond donors (Lipinski definition) is 1. The molecule has 0 aromatic carbocycles. The maximum Gasteiger partial charge on any atom is 0.0726 e.